The van der Waals surface area contributed by atoms with Gasteiger partial charge in [0.2, 0.25) is 0 Å². The highest BCUT2D eigenvalue weighted by Gasteiger charge is 2.38. The van der Waals surface area contributed by atoms with Crippen molar-refractivity contribution in [3.05, 3.63) is 12.2 Å². The summed E-state index contributed by atoms with van der Waals surface area (Å²) >= 11 is 0. The van der Waals surface area contributed by atoms with E-state index in [1.54, 1.807) is 0 Å². The largest absolute Gasteiger partial charge is 0.417 e. The van der Waals surface area contributed by atoms with Gasteiger partial charge in [0.05, 0.1) is 0 Å². The summed E-state index contributed by atoms with van der Waals surface area (Å²) in [7, 11) is -1.67. The Labute approximate surface area is 107 Å². The number of allylic oxidation sites excluding steroid dienone is 2. The first kappa shape index (κ1) is 14.6. The van der Waals surface area contributed by atoms with Crippen molar-refractivity contribution < 1.29 is 9.22 Å². The molecule has 0 saturated heterocycles. The predicted molar refractivity (Wildman–Crippen MR) is 74.6 cm³/mol. The summed E-state index contributed by atoms with van der Waals surface area (Å²) in [6, 6.07) is 0. The summed E-state index contributed by atoms with van der Waals surface area (Å²) in [5.41, 5.74) is 0. The fourth-order valence-corrected chi connectivity index (χ4v) is 2.85. The van der Waals surface area contributed by atoms with Crippen LogP contribution in [0.1, 0.15) is 33.6 Å². The quantitative estimate of drug-likeness (QED) is 0.433. The van der Waals surface area contributed by atoms with Crippen molar-refractivity contribution >= 4 is 14.6 Å². The molecule has 0 aromatic heterocycles. The molecule has 0 unspecified atom stereocenters. The molecule has 0 fully saturated rings. The molecule has 0 aromatic rings. The van der Waals surface area contributed by atoms with E-state index in [1.807, 2.05) is 0 Å². The van der Waals surface area contributed by atoms with E-state index in [0.29, 0.717) is 5.92 Å². The van der Waals surface area contributed by atoms with Gasteiger partial charge in [-0.3, -0.25) is 0 Å². The van der Waals surface area contributed by atoms with Crippen LogP contribution in [0.5, 0.6) is 0 Å². The van der Waals surface area contributed by atoms with Crippen LogP contribution in [0.15, 0.2) is 12.2 Å². The van der Waals surface area contributed by atoms with Crippen molar-refractivity contribution in [3.63, 3.8) is 0 Å². The van der Waals surface area contributed by atoms with Gasteiger partial charge >= 0.3 is 0 Å². The topological polar surface area (TPSA) is 26.3 Å². The van der Waals surface area contributed by atoms with E-state index < -0.39 is 8.32 Å². The lowest BCUT2D eigenvalue weighted by molar-refractivity contribution is -0.113. The average Bonchev–Trinajstić information content (AvgIpc) is 2.25. The number of hydrogen-bond acceptors (Lipinski definition) is 2. The molecule has 0 radical (unpaired) electrons. The van der Waals surface area contributed by atoms with Gasteiger partial charge in [0.15, 0.2) is 8.32 Å². The first-order valence-electron chi connectivity index (χ1n) is 6.52. The zero-order valence-corrected chi connectivity index (χ0v) is 12.8. The summed E-state index contributed by atoms with van der Waals surface area (Å²) in [6.07, 6.45) is 7.26. The first-order valence-corrected chi connectivity index (χ1v) is 9.43. The molecule has 0 aliphatic heterocycles. The number of hydrogen-bond donors (Lipinski definition) is 0. The van der Waals surface area contributed by atoms with Crippen LogP contribution >= 0.6 is 0 Å². The molecule has 0 amide bonds. The molecule has 0 N–H and O–H groups in total. The Morgan fingerprint density at radius 3 is 2.41 bits per heavy atom. The first-order chi connectivity index (χ1) is 7.78. The minimum Gasteiger partial charge on any atom is -0.417 e. The molecule has 1 rings (SSSR count). The van der Waals surface area contributed by atoms with E-state index >= 15 is 0 Å². The maximum Gasteiger partial charge on any atom is 0.191 e. The standard InChI is InChI=1S/C14H26O2Si/c1-14(2,3)17(4,5)16-11-13-9-7-6-8-12(13)10-15/h6-7,10,12-13H,8-9,11H2,1-5H3/t12-,13+/m0/s1. The van der Waals surface area contributed by atoms with Crippen LogP contribution in [0.2, 0.25) is 18.1 Å². The molecule has 0 heterocycles. The molecule has 0 aromatic carbocycles. The second-order valence-corrected chi connectivity index (χ2v) is 11.4. The van der Waals surface area contributed by atoms with Crippen LogP contribution in [-0.4, -0.2) is 21.2 Å². The van der Waals surface area contributed by atoms with Gasteiger partial charge in [0.25, 0.3) is 0 Å². The lowest BCUT2D eigenvalue weighted by Gasteiger charge is -2.38. The van der Waals surface area contributed by atoms with Crippen molar-refractivity contribution in [2.24, 2.45) is 11.8 Å². The highest BCUT2D eigenvalue weighted by Crippen LogP contribution is 2.37. The maximum atomic E-state index is 11.0. The molecular weight excluding hydrogens is 228 g/mol. The lowest BCUT2D eigenvalue weighted by atomic mass is 9.85. The third kappa shape index (κ3) is 3.78. The van der Waals surface area contributed by atoms with Crippen LogP contribution in [0.4, 0.5) is 0 Å². The number of aldehydes is 1. The van der Waals surface area contributed by atoms with Gasteiger partial charge in [-0.2, -0.15) is 0 Å². The molecule has 1 aliphatic carbocycles. The van der Waals surface area contributed by atoms with Crippen molar-refractivity contribution in [2.75, 3.05) is 6.61 Å². The molecular formula is C14H26O2Si. The SMILES string of the molecule is CC(C)(C)[Si](C)(C)OC[C@H]1CC=CC[C@H]1C=O. The molecule has 2 atom stereocenters. The van der Waals surface area contributed by atoms with E-state index in [9.17, 15) is 4.79 Å². The Morgan fingerprint density at radius 1 is 1.29 bits per heavy atom. The van der Waals surface area contributed by atoms with Crippen LogP contribution in [0.3, 0.4) is 0 Å². The second kappa shape index (κ2) is 5.49. The number of carbonyl (C=O) groups excluding carboxylic acids is 1. The van der Waals surface area contributed by atoms with Crippen LogP contribution in [-0.2, 0) is 9.22 Å². The van der Waals surface area contributed by atoms with Gasteiger partial charge < -0.3 is 9.22 Å². The third-order valence-electron chi connectivity index (χ3n) is 4.26. The van der Waals surface area contributed by atoms with E-state index in [4.69, 9.17) is 4.43 Å². The minimum absolute atomic E-state index is 0.157. The molecule has 0 spiro atoms. The van der Waals surface area contributed by atoms with E-state index in [2.05, 4.69) is 46.0 Å². The van der Waals surface area contributed by atoms with Crippen LogP contribution in [0, 0.1) is 11.8 Å². The smallest absolute Gasteiger partial charge is 0.191 e. The molecule has 1 aliphatic rings. The summed E-state index contributed by atoms with van der Waals surface area (Å²) in [5, 5.41) is 0.244. The average molecular weight is 254 g/mol. The third-order valence-corrected chi connectivity index (χ3v) is 8.76. The Balaban J connectivity index is 2.55. The molecule has 0 saturated carbocycles. The maximum absolute atomic E-state index is 11.0. The monoisotopic (exact) mass is 254 g/mol. The Hall–Kier alpha value is -0.413. The number of carbonyl (C=O) groups is 1. The Bertz CT molecular complexity index is 289. The predicted octanol–water partition coefficient (Wildman–Crippen LogP) is 3.79. The van der Waals surface area contributed by atoms with Gasteiger partial charge in [-0.05, 0) is 36.9 Å². The van der Waals surface area contributed by atoms with Crippen molar-refractivity contribution in [1.82, 2.24) is 0 Å². The van der Waals surface area contributed by atoms with Gasteiger partial charge in [0, 0.05) is 12.5 Å². The zero-order chi connectivity index (χ0) is 13.1. The Kier molecular flexibility index (Phi) is 4.73. The summed E-state index contributed by atoms with van der Waals surface area (Å²) in [4.78, 5) is 11.0. The Morgan fingerprint density at radius 2 is 1.88 bits per heavy atom. The highest BCUT2D eigenvalue weighted by molar-refractivity contribution is 6.74. The van der Waals surface area contributed by atoms with Crippen molar-refractivity contribution in [1.29, 1.82) is 0 Å². The van der Waals surface area contributed by atoms with Gasteiger partial charge in [-0.15, -0.1) is 0 Å². The normalized spacial score (nSPS) is 25.9. The molecule has 2 nitrogen and oxygen atoms in total. The zero-order valence-electron chi connectivity index (χ0n) is 11.8. The molecule has 3 heteroatoms. The molecule has 17 heavy (non-hydrogen) atoms. The minimum atomic E-state index is -1.67. The van der Waals surface area contributed by atoms with E-state index in [1.165, 1.54) is 0 Å². The van der Waals surface area contributed by atoms with Crippen molar-refractivity contribution in [3.8, 4) is 0 Å². The van der Waals surface area contributed by atoms with Gasteiger partial charge in [-0.25, -0.2) is 0 Å². The summed E-state index contributed by atoms with van der Waals surface area (Å²) in [5.74, 6) is 0.538. The number of rotatable bonds is 4. The lowest BCUT2D eigenvalue weighted by Crippen LogP contribution is -2.42. The molecule has 0 bridgehead atoms. The fourth-order valence-electron chi connectivity index (χ4n) is 1.78. The van der Waals surface area contributed by atoms with Crippen LogP contribution in [0.25, 0.3) is 0 Å². The van der Waals surface area contributed by atoms with Gasteiger partial charge in [-0.1, -0.05) is 32.9 Å². The summed E-state index contributed by atoms with van der Waals surface area (Å²) < 4.78 is 6.21. The molecule has 98 valence electrons. The van der Waals surface area contributed by atoms with E-state index in [0.717, 1.165) is 25.7 Å². The van der Waals surface area contributed by atoms with E-state index in [-0.39, 0.29) is 11.0 Å². The van der Waals surface area contributed by atoms with Crippen LogP contribution < -0.4 is 0 Å². The van der Waals surface area contributed by atoms with Gasteiger partial charge in [0.1, 0.15) is 6.29 Å². The summed E-state index contributed by atoms with van der Waals surface area (Å²) in [6.45, 7) is 12.0. The fraction of sp³-hybridized carbons (Fsp3) is 0.786. The second-order valence-electron chi connectivity index (χ2n) is 6.57. The highest BCUT2D eigenvalue weighted by atomic mass is 28.4. The van der Waals surface area contributed by atoms with Crippen molar-refractivity contribution in [2.45, 2.75) is 51.7 Å².